The highest BCUT2D eigenvalue weighted by Crippen LogP contribution is 2.37. The zero-order valence-corrected chi connectivity index (χ0v) is 16.5. The van der Waals surface area contributed by atoms with Crippen LogP contribution < -0.4 is 0 Å². The number of carbonyl (C=O) groups is 1. The number of carbonyl (C=O) groups excluding carboxylic acids is 1. The zero-order chi connectivity index (χ0) is 21.9. The number of rotatable bonds is 2. The van der Waals surface area contributed by atoms with Crippen molar-refractivity contribution in [1.29, 1.82) is 0 Å². The molecule has 0 bridgehead atoms. The number of alkyl halides is 3. The Kier molecular flexibility index (Phi) is 6.19. The molecular weight excluding hydrogens is 419 g/mol. The molecule has 30 heavy (non-hydrogen) atoms. The summed E-state index contributed by atoms with van der Waals surface area (Å²) in [7, 11) is -3.36. The van der Waals surface area contributed by atoms with Crippen molar-refractivity contribution in [1.82, 2.24) is 4.90 Å². The number of halogens is 3. The summed E-state index contributed by atoms with van der Waals surface area (Å²) in [5, 5.41) is 9.36. The van der Waals surface area contributed by atoms with E-state index in [0.717, 1.165) is 11.0 Å². The van der Waals surface area contributed by atoms with E-state index in [-0.39, 0.29) is 29.2 Å². The average Bonchev–Trinajstić information content (AvgIpc) is 2.71. The number of amides is 1. The van der Waals surface area contributed by atoms with Gasteiger partial charge in [0, 0.05) is 18.0 Å². The lowest BCUT2D eigenvalue weighted by Crippen LogP contribution is -2.52. The van der Waals surface area contributed by atoms with Crippen molar-refractivity contribution in [2.24, 2.45) is 0 Å². The van der Waals surface area contributed by atoms with Crippen molar-refractivity contribution in [3.05, 3.63) is 59.7 Å². The maximum absolute atomic E-state index is 13.6. The summed E-state index contributed by atoms with van der Waals surface area (Å²) in [5.74, 6) is 3.32. The summed E-state index contributed by atoms with van der Waals surface area (Å²) in [6.07, 6.45) is -4.61. The van der Waals surface area contributed by atoms with Gasteiger partial charge in [-0.05, 0) is 23.3 Å². The molecule has 1 aliphatic rings. The molecule has 0 radical (unpaired) electrons. The first-order valence-electron chi connectivity index (χ1n) is 9.01. The predicted octanol–water partition coefficient (Wildman–Crippen LogP) is 2.34. The van der Waals surface area contributed by atoms with Crippen molar-refractivity contribution >= 4 is 15.7 Å². The van der Waals surface area contributed by atoms with Crippen LogP contribution in [0.5, 0.6) is 0 Å². The van der Waals surface area contributed by atoms with Crippen LogP contribution >= 0.6 is 0 Å². The summed E-state index contributed by atoms with van der Waals surface area (Å²) >= 11 is 0. The van der Waals surface area contributed by atoms with E-state index in [0.29, 0.717) is 5.56 Å². The van der Waals surface area contributed by atoms with E-state index in [1.165, 1.54) is 12.1 Å². The number of aliphatic hydroxyl groups excluding tert-OH is 1. The number of benzene rings is 2. The molecule has 3 rings (SSSR count). The minimum atomic E-state index is -4.61. The summed E-state index contributed by atoms with van der Waals surface area (Å²) in [5.41, 5.74) is -0.465. The highest BCUT2D eigenvalue weighted by Gasteiger charge is 2.34. The molecule has 1 fully saturated rings. The van der Waals surface area contributed by atoms with Gasteiger partial charge < -0.3 is 10.0 Å². The van der Waals surface area contributed by atoms with Gasteiger partial charge in [0.05, 0.1) is 29.7 Å². The molecule has 1 saturated heterocycles. The lowest BCUT2D eigenvalue weighted by molar-refractivity contribution is -0.137. The molecule has 1 N–H and O–H groups in total. The predicted molar refractivity (Wildman–Crippen MR) is 105 cm³/mol. The molecule has 1 unspecified atom stereocenters. The first kappa shape index (κ1) is 21.9. The van der Waals surface area contributed by atoms with E-state index in [2.05, 4.69) is 11.8 Å². The molecule has 2 aromatic carbocycles. The quantitative estimate of drug-likeness (QED) is 0.732. The summed E-state index contributed by atoms with van der Waals surface area (Å²) in [6, 6.07) is 10.8. The van der Waals surface area contributed by atoms with Gasteiger partial charge >= 0.3 is 6.18 Å². The second-order valence-electron chi connectivity index (χ2n) is 6.82. The van der Waals surface area contributed by atoms with E-state index in [1.54, 1.807) is 30.3 Å². The third-order valence-corrected chi connectivity index (χ3v) is 6.42. The molecule has 5 nitrogen and oxygen atoms in total. The van der Waals surface area contributed by atoms with Crippen LogP contribution in [-0.2, 0) is 20.8 Å². The highest BCUT2D eigenvalue weighted by molar-refractivity contribution is 7.91. The summed E-state index contributed by atoms with van der Waals surface area (Å²) < 4.78 is 64.0. The first-order valence-corrected chi connectivity index (χ1v) is 10.8. The molecule has 0 aliphatic carbocycles. The highest BCUT2D eigenvalue weighted by atomic mass is 32.2. The monoisotopic (exact) mass is 437 g/mol. The maximum Gasteiger partial charge on any atom is 0.417 e. The molecular formula is C21H18F3NO4S. The third kappa shape index (κ3) is 5.01. The Morgan fingerprint density at radius 2 is 1.87 bits per heavy atom. The number of nitrogens with zero attached hydrogens (tertiary/aromatic N) is 1. The lowest BCUT2D eigenvalue weighted by atomic mass is 9.97. The van der Waals surface area contributed by atoms with Gasteiger partial charge in [-0.1, -0.05) is 42.3 Å². The van der Waals surface area contributed by atoms with Crippen molar-refractivity contribution in [2.45, 2.75) is 12.2 Å². The molecule has 0 spiro atoms. The molecule has 1 atom stereocenters. The lowest BCUT2D eigenvalue weighted by Gasteiger charge is -2.32. The van der Waals surface area contributed by atoms with Crippen LogP contribution in [0.4, 0.5) is 13.2 Å². The van der Waals surface area contributed by atoms with E-state index >= 15 is 0 Å². The van der Waals surface area contributed by atoms with Gasteiger partial charge in [0.15, 0.2) is 9.84 Å². The molecule has 1 aliphatic heterocycles. The van der Waals surface area contributed by atoms with Gasteiger partial charge in [0.2, 0.25) is 0 Å². The smallest absolute Gasteiger partial charge is 0.394 e. The summed E-state index contributed by atoms with van der Waals surface area (Å²) in [4.78, 5) is 13.5. The van der Waals surface area contributed by atoms with Crippen LogP contribution in [0.25, 0.3) is 11.1 Å². The third-order valence-electron chi connectivity index (χ3n) is 4.73. The summed E-state index contributed by atoms with van der Waals surface area (Å²) in [6.45, 7) is -0.668. The standard InChI is InChI=1S/C21H18F3NO4S/c22-21(23,24)19-12-15(6-8-18(19)16-4-2-1-3-5-16)7-9-20(27)25-10-11-30(28,29)14-17(25)13-26/h1-6,8,12,17,26H,10-11,13-14H2. The van der Waals surface area contributed by atoms with Crippen molar-refractivity contribution < 1.29 is 31.5 Å². The fourth-order valence-corrected chi connectivity index (χ4v) is 4.74. The Bertz CT molecular complexity index is 1100. The van der Waals surface area contributed by atoms with Gasteiger partial charge in [0.1, 0.15) is 0 Å². The number of sulfone groups is 1. The Labute approximate surface area is 172 Å². The van der Waals surface area contributed by atoms with Gasteiger partial charge in [0.25, 0.3) is 5.91 Å². The SMILES string of the molecule is O=C(C#Cc1ccc(-c2ccccc2)c(C(F)(F)F)c1)N1CCS(=O)(=O)CC1CO. The molecule has 2 aromatic rings. The van der Waals surface area contributed by atoms with Crippen LogP contribution in [-0.4, -0.2) is 55.0 Å². The zero-order valence-electron chi connectivity index (χ0n) is 15.7. The molecule has 0 saturated carbocycles. The van der Waals surface area contributed by atoms with E-state index < -0.39 is 40.1 Å². The van der Waals surface area contributed by atoms with Gasteiger partial charge in [-0.25, -0.2) is 8.42 Å². The molecule has 1 amide bonds. The van der Waals surface area contributed by atoms with Crippen LogP contribution in [0.15, 0.2) is 48.5 Å². The Hall–Kier alpha value is -2.83. The average molecular weight is 437 g/mol. The van der Waals surface area contributed by atoms with Gasteiger partial charge in [-0.2, -0.15) is 13.2 Å². The molecule has 0 aromatic heterocycles. The Balaban J connectivity index is 1.89. The van der Waals surface area contributed by atoms with Crippen LogP contribution in [0.2, 0.25) is 0 Å². The molecule has 1 heterocycles. The number of aliphatic hydroxyl groups is 1. The second-order valence-corrected chi connectivity index (χ2v) is 9.05. The van der Waals surface area contributed by atoms with Crippen LogP contribution in [0.1, 0.15) is 11.1 Å². The van der Waals surface area contributed by atoms with E-state index in [1.807, 2.05) is 0 Å². The van der Waals surface area contributed by atoms with Crippen molar-refractivity contribution in [3.63, 3.8) is 0 Å². The van der Waals surface area contributed by atoms with Crippen LogP contribution in [0, 0.1) is 11.8 Å². The minimum absolute atomic E-state index is 0.000496. The molecule has 158 valence electrons. The fourth-order valence-electron chi connectivity index (χ4n) is 3.23. The molecule has 9 heteroatoms. The van der Waals surface area contributed by atoms with Gasteiger partial charge in [-0.3, -0.25) is 4.79 Å². The largest absolute Gasteiger partial charge is 0.417 e. The van der Waals surface area contributed by atoms with Gasteiger partial charge in [-0.15, -0.1) is 0 Å². The second kappa shape index (κ2) is 8.50. The fraction of sp³-hybridized carbons (Fsp3) is 0.286. The normalized spacial score (nSPS) is 18.4. The maximum atomic E-state index is 13.6. The van der Waals surface area contributed by atoms with E-state index in [4.69, 9.17) is 0 Å². The Morgan fingerprint density at radius 3 is 2.50 bits per heavy atom. The van der Waals surface area contributed by atoms with Crippen LogP contribution in [0.3, 0.4) is 0 Å². The van der Waals surface area contributed by atoms with Crippen molar-refractivity contribution in [2.75, 3.05) is 24.7 Å². The topological polar surface area (TPSA) is 74.7 Å². The minimum Gasteiger partial charge on any atom is -0.394 e. The van der Waals surface area contributed by atoms with Crippen molar-refractivity contribution in [3.8, 4) is 23.0 Å². The van der Waals surface area contributed by atoms with E-state index in [9.17, 15) is 31.5 Å². The Morgan fingerprint density at radius 1 is 1.17 bits per heavy atom. The number of hydrogen-bond acceptors (Lipinski definition) is 4. The first-order chi connectivity index (χ1) is 14.1. The number of hydrogen-bond donors (Lipinski definition) is 1.